The Morgan fingerprint density at radius 1 is 1.44 bits per heavy atom. The van der Waals surface area contributed by atoms with Gasteiger partial charge in [-0.05, 0) is 20.8 Å². The van der Waals surface area contributed by atoms with Crippen LogP contribution in [-0.2, 0) is 4.79 Å². The van der Waals surface area contributed by atoms with Gasteiger partial charge in [-0.3, -0.25) is 4.79 Å². The van der Waals surface area contributed by atoms with Crippen LogP contribution in [0.5, 0.6) is 0 Å². The number of hydrogen-bond donors (Lipinski definition) is 2. The number of carboxylic acids is 1. The van der Waals surface area contributed by atoms with Gasteiger partial charge in [0, 0.05) is 0 Å². The van der Waals surface area contributed by atoms with Crippen LogP contribution >= 0.6 is 0 Å². The van der Waals surface area contributed by atoms with Crippen LogP contribution < -0.4 is 5.26 Å². The maximum absolute atomic E-state index is 10.0. The van der Waals surface area contributed by atoms with Crippen LogP contribution in [0, 0.1) is 12.0 Å². The Morgan fingerprint density at radius 3 is 1.56 bits per heavy atom. The molecule has 0 saturated carbocycles. The smallest absolute Gasteiger partial charge is 0.308 e. The van der Waals surface area contributed by atoms with Crippen molar-refractivity contribution in [3.63, 3.8) is 0 Å². The highest BCUT2D eigenvalue weighted by Crippen LogP contribution is 2.11. The molecule has 0 unspecified atom stereocenters. The summed E-state index contributed by atoms with van der Waals surface area (Å²) >= 11 is 0. The number of hydrogen-bond acceptors (Lipinski definition) is 1. The van der Waals surface area contributed by atoms with Crippen LogP contribution in [0.1, 0.15) is 20.8 Å². The van der Waals surface area contributed by atoms with E-state index in [1.807, 2.05) is 0 Å². The minimum absolute atomic E-state index is 0.583. The first-order valence-electron chi connectivity index (χ1n) is 2.43. The fourth-order valence-electron chi connectivity index (χ4n) is 0. The van der Waals surface area contributed by atoms with Crippen molar-refractivity contribution in [3.05, 3.63) is 6.57 Å². The van der Waals surface area contributed by atoms with Gasteiger partial charge in [-0.25, -0.2) is 6.57 Å². The topological polar surface area (TPSA) is 61.1 Å². The Balaban J connectivity index is 0. The predicted molar refractivity (Wildman–Crippen MR) is 31.3 cm³/mol. The highest BCUT2D eigenvalue weighted by atomic mass is 16.4. The summed E-state index contributed by atoms with van der Waals surface area (Å²) in [5.74, 6) is -0.757. The molecule has 0 saturated heterocycles. The lowest BCUT2D eigenvalue weighted by molar-refractivity contribution is -0.145. The van der Waals surface area contributed by atoms with Crippen molar-refractivity contribution in [3.8, 4) is 0 Å². The third-order valence-electron chi connectivity index (χ3n) is 0.642. The molecule has 0 rings (SSSR count). The second-order valence-electron chi connectivity index (χ2n) is 2.56. The van der Waals surface area contributed by atoms with E-state index in [1.54, 1.807) is 20.8 Å². The molecule has 0 aliphatic carbocycles. The van der Waals surface area contributed by atoms with E-state index in [2.05, 4.69) is 0 Å². The number of carboxylic acid groups (broad SMARTS) is 1. The SMILES string of the molecule is CC(C)(C)C(=O)O.[C-]#[NH+]. The van der Waals surface area contributed by atoms with E-state index in [0.717, 1.165) is 0 Å². The minimum atomic E-state index is -0.757. The van der Waals surface area contributed by atoms with Crippen molar-refractivity contribution in [2.24, 2.45) is 5.41 Å². The summed E-state index contributed by atoms with van der Waals surface area (Å²) in [4.78, 5) is 10.0. The average molecular weight is 129 g/mol. The van der Waals surface area contributed by atoms with Crippen molar-refractivity contribution >= 4 is 5.97 Å². The molecule has 0 aliphatic heterocycles. The van der Waals surface area contributed by atoms with Crippen LogP contribution in [0.2, 0.25) is 0 Å². The standard InChI is InChI=1S/C5H10O2.CHN/c1-5(2,3)4(6)7;1-2/h1-3H3,(H,6,7);2H. The molecule has 3 heteroatoms. The van der Waals surface area contributed by atoms with E-state index < -0.39 is 11.4 Å². The van der Waals surface area contributed by atoms with Gasteiger partial charge in [0.2, 0.25) is 0 Å². The zero-order valence-electron chi connectivity index (χ0n) is 5.86. The van der Waals surface area contributed by atoms with Gasteiger partial charge in [0.25, 0.3) is 0 Å². The van der Waals surface area contributed by atoms with E-state index in [0.29, 0.717) is 0 Å². The number of nitrogens with one attached hydrogen (secondary N) is 1. The lowest BCUT2D eigenvalue weighted by Gasteiger charge is -2.08. The van der Waals surface area contributed by atoms with Crippen LogP contribution in [0.25, 0.3) is 0 Å². The number of aliphatic carboxylic acids is 1. The molecule has 0 fully saturated rings. The van der Waals surface area contributed by atoms with Crippen LogP contribution in [-0.4, -0.2) is 11.1 Å². The van der Waals surface area contributed by atoms with Crippen LogP contribution in [0.4, 0.5) is 0 Å². The fourth-order valence-corrected chi connectivity index (χ4v) is 0. The molecular weight excluding hydrogens is 118 g/mol. The molecule has 0 atom stereocenters. The van der Waals surface area contributed by atoms with Gasteiger partial charge in [-0.2, -0.15) is 0 Å². The Kier molecular flexibility index (Phi) is 4.71. The molecule has 0 radical (unpaired) electrons. The molecule has 0 heterocycles. The molecule has 0 aromatic rings. The first-order chi connectivity index (χ1) is 3.94. The summed E-state index contributed by atoms with van der Waals surface area (Å²) in [7, 11) is 0. The maximum atomic E-state index is 10.0. The van der Waals surface area contributed by atoms with Gasteiger partial charge >= 0.3 is 5.97 Å². The van der Waals surface area contributed by atoms with Gasteiger partial charge in [-0.1, -0.05) is 0 Å². The Morgan fingerprint density at radius 2 is 1.56 bits per heavy atom. The molecule has 0 amide bonds. The van der Waals surface area contributed by atoms with Crippen molar-refractivity contribution in [2.75, 3.05) is 0 Å². The molecule has 0 aromatic heterocycles. The summed E-state index contributed by atoms with van der Waals surface area (Å²) in [5, 5.41) is 13.2. The zero-order valence-corrected chi connectivity index (χ0v) is 5.86. The van der Waals surface area contributed by atoms with E-state index in [9.17, 15) is 4.79 Å². The normalized spacial score (nSPS) is 9.00. The summed E-state index contributed by atoms with van der Waals surface area (Å²) in [6.45, 7) is 9.99. The molecule has 3 nitrogen and oxygen atoms in total. The lowest BCUT2D eigenvalue weighted by Crippen LogP contribution is -2.18. The van der Waals surface area contributed by atoms with Gasteiger partial charge in [0.05, 0.1) is 5.41 Å². The monoisotopic (exact) mass is 129 g/mol. The third kappa shape index (κ3) is 6.96. The van der Waals surface area contributed by atoms with Gasteiger partial charge in [0.15, 0.2) is 0 Å². The van der Waals surface area contributed by atoms with Crippen molar-refractivity contribution in [2.45, 2.75) is 20.8 Å². The molecule has 9 heavy (non-hydrogen) atoms. The minimum Gasteiger partial charge on any atom is -0.481 e. The Bertz CT molecular complexity index is 110. The van der Waals surface area contributed by atoms with Crippen molar-refractivity contribution < 1.29 is 15.2 Å². The molecule has 0 aliphatic rings. The number of carbonyl (C=O) groups is 1. The predicted octanol–water partition coefficient (Wildman–Crippen LogP) is -0.537. The van der Waals surface area contributed by atoms with Crippen molar-refractivity contribution in [1.82, 2.24) is 0 Å². The van der Waals surface area contributed by atoms with Gasteiger partial charge in [0.1, 0.15) is 0 Å². The summed E-state index contributed by atoms with van der Waals surface area (Å²) in [5.41, 5.74) is -0.583. The lowest BCUT2D eigenvalue weighted by atomic mass is 9.98. The quantitative estimate of drug-likeness (QED) is 0.431. The molecule has 2 N–H and O–H groups in total. The van der Waals surface area contributed by atoms with E-state index in [1.165, 1.54) is 0 Å². The first-order valence-corrected chi connectivity index (χ1v) is 2.43. The van der Waals surface area contributed by atoms with Gasteiger partial charge in [-0.15, -0.1) is 0 Å². The van der Waals surface area contributed by atoms with E-state index in [-0.39, 0.29) is 0 Å². The van der Waals surface area contributed by atoms with E-state index >= 15 is 0 Å². The Hall–Kier alpha value is -1.04. The van der Waals surface area contributed by atoms with Crippen LogP contribution in [0.15, 0.2) is 0 Å². The van der Waals surface area contributed by atoms with Gasteiger partial charge < -0.3 is 10.4 Å². The Labute approximate surface area is 54.9 Å². The molecule has 0 bridgehead atoms. The fraction of sp³-hybridized carbons (Fsp3) is 0.667. The second kappa shape index (κ2) is 3.90. The second-order valence-corrected chi connectivity index (χ2v) is 2.56. The summed E-state index contributed by atoms with van der Waals surface area (Å²) in [6, 6.07) is 0. The van der Waals surface area contributed by atoms with Crippen molar-refractivity contribution in [1.29, 1.82) is 0 Å². The summed E-state index contributed by atoms with van der Waals surface area (Å²) < 4.78 is 0. The maximum Gasteiger partial charge on any atom is 0.308 e. The zero-order chi connectivity index (χ0) is 8.08. The third-order valence-corrected chi connectivity index (χ3v) is 0.642. The average Bonchev–Trinajstić information content (AvgIpc) is 1.69. The molecule has 52 valence electrons. The first kappa shape index (κ1) is 10.9. The van der Waals surface area contributed by atoms with E-state index in [4.69, 9.17) is 16.9 Å². The summed E-state index contributed by atoms with van der Waals surface area (Å²) in [6.07, 6.45) is 0. The number of rotatable bonds is 0. The largest absolute Gasteiger partial charge is 0.481 e. The molecular formula is C6H11NO2. The molecule has 0 spiro atoms. The van der Waals surface area contributed by atoms with Crippen LogP contribution in [0.3, 0.4) is 0 Å². The highest BCUT2D eigenvalue weighted by Gasteiger charge is 2.18. The molecule has 0 aromatic carbocycles. The highest BCUT2D eigenvalue weighted by molar-refractivity contribution is 5.72.